The lowest BCUT2D eigenvalue weighted by Crippen LogP contribution is -2.47. The quantitative estimate of drug-likeness (QED) is 0.582. The second-order valence-electron chi connectivity index (χ2n) is 8.22. The van der Waals surface area contributed by atoms with E-state index in [0.29, 0.717) is 45.9 Å². The van der Waals surface area contributed by atoms with Crippen molar-refractivity contribution >= 4 is 40.7 Å². The summed E-state index contributed by atoms with van der Waals surface area (Å²) in [5.41, 5.74) is 2.26. The van der Waals surface area contributed by atoms with Gasteiger partial charge in [-0.05, 0) is 25.5 Å². The van der Waals surface area contributed by atoms with E-state index in [9.17, 15) is 4.79 Å². The molecule has 0 bridgehead atoms. The second kappa shape index (κ2) is 10.3. The average molecular weight is 482 g/mol. The number of aliphatic hydroxyl groups is 1. The van der Waals surface area contributed by atoms with Crippen LogP contribution in [0.3, 0.4) is 0 Å². The van der Waals surface area contributed by atoms with Crippen molar-refractivity contribution in [2.75, 3.05) is 54.9 Å². The van der Waals surface area contributed by atoms with Gasteiger partial charge >= 0.3 is 0 Å². The molecule has 1 amide bonds. The van der Waals surface area contributed by atoms with Gasteiger partial charge in [0.15, 0.2) is 0 Å². The second-order valence-corrected chi connectivity index (χ2v) is 8.63. The third-order valence-corrected chi connectivity index (χ3v) is 6.14. The Morgan fingerprint density at radius 3 is 2.68 bits per heavy atom. The number of carbonyl (C=O) groups excluding carboxylic acids is 1. The van der Waals surface area contributed by atoms with Crippen LogP contribution in [-0.4, -0.2) is 71.0 Å². The zero-order chi connectivity index (χ0) is 24.2. The molecule has 1 saturated heterocycles. The molecule has 10 heteroatoms. The van der Waals surface area contributed by atoms with E-state index >= 15 is 0 Å². The fraction of sp³-hybridized carbons (Fsp3) is 0.333. The Kier molecular flexibility index (Phi) is 7.26. The number of anilines is 3. The number of aryl methyl sites for hydroxylation is 2. The summed E-state index contributed by atoms with van der Waals surface area (Å²) in [7, 11) is 0. The maximum absolute atomic E-state index is 12.9. The molecule has 2 aliphatic rings. The monoisotopic (exact) mass is 481 g/mol. The van der Waals surface area contributed by atoms with Crippen LogP contribution in [0.2, 0.25) is 5.02 Å². The molecule has 2 aromatic rings. The molecule has 2 aliphatic heterocycles. The number of benzene rings is 1. The van der Waals surface area contributed by atoms with Gasteiger partial charge in [0.1, 0.15) is 23.3 Å². The Hall–Kier alpha value is -3.27. The Bertz CT molecular complexity index is 1150. The summed E-state index contributed by atoms with van der Waals surface area (Å²) in [6.07, 6.45) is 1.49. The smallest absolute Gasteiger partial charge is 0.258 e. The molecule has 4 rings (SSSR count). The predicted octanol–water partition coefficient (Wildman–Crippen LogP) is 2.76. The number of amidine groups is 1. The molecule has 1 aromatic heterocycles. The fourth-order valence-corrected chi connectivity index (χ4v) is 4.20. The van der Waals surface area contributed by atoms with E-state index in [0.717, 1.165) is 37.6 Å². The Morgan fingerprint density at radius 2 is 1.97 bits per heavy atom. The topological polar surface area (TPSA) is 106 Å². The summed E-state index contributed by atoms with van der Waals surface area (Å²) >= 11 is 6.24. The molecule has 0 atom stereocenters. The van der Waals surface area contributed by atoms with Gasteiger partial charge in [-0.3, -0.25) is 9.69 Å². The maximum Gasteiger partial charge on any atom is 0.258 e. The van der Waals surface area contributed by atoms with Gasteiger partial charge in [-0.25, -0.2) is 15.0 Å². The SMILES string of the molecule is C=C1C(C(=O)Nc2c(C)cccc2Cl)=CN=C1Nc1cc(N2CCN(CCO)CC2)nc(C)n1. The van der Waals surface area contributed by atoms with Gasteiger partial charge in [-0.2, -0.15) is 0 Å². The van der Waals surface area contributed by atoms with E-state index in [-0.39, 0.29) is 12.5 Å². The molecule has 1 fully saturated rings. The highest BCUT2D eigenvalue weighted by Gasteiger charge is 2.24. The number of nitrogens with zero attached hydrogens (tertiary/aromatic N) is 5. The van der Waals surface area contributed by atoms with Gasteiger partial charge in [-0.15, -0.1) is 0 Å². The van der Waals surface area contributed by atoms with Gasteiger partial charge in [0.05, 0.1) is 22.9 Å². The Balaban J connectivity index is 1.41. The summed E-state index contributed by atoms with van der Waals surface area (Å²) in [4.78, 5) is 30.7. The van der Waals surface area contributed by atoms with Crippen molar-refractivity contribution in [3.63, 3.8) is 0 Å². The molecule has 3 heterocycles. The van der Waals surface area contributed by atoms with Crippen LogP contribution in [0.4, 0.5) is 17.3 Å². The lowest BCUT2D eigenvalue weighted by atomic mass is 10.1. The number of aliphatic hydroxyl groups excluding tert-OH is 1. The molecule has 34 heavy (non-hydrogen) atoms. The molecule has 0 spiro atoms. The third-order valence-electron chi connectivity index (χ3n) is 5.82. The van der Waals surface area contributed by atoms with Crippen LogP contribution in [0.1, 0.15) is 11.4 Å². The van der Waals surface area contributed by atoms with Crippen LogP contribution >= 0.6 is 11.6 Å². The predicted molar refractivity (Wildman–Crippen MR) is 136 cm³/mol. The number of halogens is 1. The zero-order valence-electron chi connectivity index (χ0n) is 19.3. The summed E-state index contributed by atoms with van der Waals surface area (Å²) in [6, 6.07) is 7.31. The maximum atomic E-state index is 12.9. The summed E-state index contributed by atoms with van der Waals surface area (Å²) < 4.78 is 0. The number of β-amino-alcohol motifs (C(OH)–C–C–N with tert-alkyl or cyclic N) is 1. The number of amides is 1. The lowest BCUT2D eigenvalue weighted by Gasteiger charge is -2.35. The first-order valence-corrected chi connectivity index (χ1v) is 11.5. The van der Waals surface area contributed by atoms with Crippen LogP contribution in [0, 0.1) is 13.8 Å². The number of aliphatic imine (C=N–C) groups is 1. The Labute approximate surface area is 203 Å². The zero-order valence-corrected chi connectivity index (χ0v) is 20.1. The number of hydrogen-bond acceptors (Lipinski definition) is 8. The molecule has 0 aliphatic carbocycles. The number of piperazine rings is 1. The van der Waals surface area contributed by atoms with Crippen molar-refractivity contribution in [2.45, 2.75) is 13.8 Å². The number of rotatable bonds is 6. The highest BCUT2D eigenvalue weighted by molar-refractivity contribution is 6.34. The Morgan fingerprint density at radius 1 is 1.21 bits per heavy atom. The van der Waals surface area contributed by atoms with Crippen molar-refractivity contribution < 1.29 is 9.90 Å². The van der Waals surface area contributed by atoms with Crippen LogP contribution in [-0.2, 0) is 4.79 Å². The normalized spacial score (nSPS) is 16.4. The first-order valence-electron chi connectivity index (χ1n) is 11.1. The summed E-state index contributed by atoms with van der Waals surface area (Å²) in [5.74, 6) is 2.15. The molecule has 9 nitrogen and oxygen atoms in total. The third kappa shape index (κ3) is 5.27. The van der Waals surface area contributed by atoms with Crippen molar-refractivity contribution in [2.24, 2.45) is 4.99 Å². The van der Waals surface area contributed by atoms with Crippen molar-refractivity contribution in [3.05, 3.63) is 64.6 Å². The van der Waals surface area contributed by atoms with E-state index in [1.165, 1.54) is 6.20 Å². The van der Waals surface area contributed by atoms with E-state index in [2.05, 4.69) is 42.0 Å². The van der Waals surface area contributed by atoms with Crippen LogP contribution in [0.5, 0.6) is 0 Å². The van der Waals surface area contributed by atoms with Gasteiger partial charge in [0.2, 0.25) is 0 Å². The van der Waals surface area contributed by atoms with Crippen molar-refractivity contribution in [3.8, 4) is 0 Å². The lowest BCUT2D eigenvalue weighted by molar-refractivity contribution is -0.112. The molecule has 0 radical (unpaired) electrons. The van der Waals surface area contributed by atoms with Crippen LogP contribution in [0.25, 0.3) is 0 Å². The average Bonchev–Trinajstić information content (AvgIpc) is 3.16. The summed E-state index contributed by atoms with van der Waals surface area (Å²) in [6.45, 7) is 12.0. The molecule has 178 valence electrons. The van der Waals surface area contributed by atoms with Gasteiger partial charge in [0, 0.05) is 50.6 Å². The standard InChI is InChI=1S/C24H28ClN7O2/c1-15-5-4-6-19(25)22(15)30-24(34)18-14-26-23(16(18)2)29-20-13-21(28-17(3)27-20)32-9-7-31(8-10-32)11-12-33/h4-6,13-14,33H,2,7-12H2,1,3H3,(H,30,34)(H,26,27,28,29). The van der Waals surface area contributed by atoms with Crippen molar-refractivity contribution in [1.82, 2.24) is 14.9 Å². The van der Waals surface area contributed by atoms with Gasteiger partial charge < -0.3 is 20.6 Å². The van der Waals surface area contributed by atoms with Crippen LogP contribution < -0.4 is 15.5 Å². The van der Waals surface area contributed by atoms with Crippen molar-refractivity contribution in [1.29, 1.82) is 0 Å². The minimum Gasteiger partial charge on any atom is -0.395 e. The van der Waals surface area contributed by atoms with E-state index in [1.807, 2.05) is 32.0 Å². The minimum atomic E-state index is -0.331. The molecular formula is C24H28ClN7O2. The number of carbonyl (C=O) groups is 1. The number of aromatic nitrogens is 2. The van der Waals surface area contributed by atoms with E-state index in [4.69, 9.17) is 16.7 Å². The van der Waals surface area contributed by atoms with E-state index < -0.39 is 0 Å². The molecule has 0 unspecified atom stereocenters. The largest absolute Gasteiger partial charge is 0.395 e. The van der Waals surface area contributed by atoms with Gasteiger partial charge in [0.25, 0.3) is 5.91 Å². The van der Waals surface area contributed by atoms with Crippen LogP contribution in [0.15, 0.2) is 53.2 Å². The molecule has 3 N–H and O–H groups in total. The minimum absolute atomic E-state index is 0.165. The molecular weight excluding hydrogens is 454 g/mol. The highest BCUT2D eigenvalue weighted by atomic mass is 35.5. The van der Waals surface area contributed by atoms with Gasteiger partial charge in [-0.1, -0.05) is 30.3 Å². The van der Waals surface area contributed by atoms with E-state index in [1.54, 1.807) is 6.07 Å². The fourth-order valence-electron chi connectivity index (χ4n) is 3.93. The number of para-hydroxylation sites is 1. The summed E-state index contributed by atoms with van der Waals surface area (Å²) in [5, 5.41) is 15.7. The molecule has 1 aromatic carbocycles. The molecule has 0 saturated carbocycles. The first kappa shape index (κ1) is 23.9. The first-order chi connectivity index (χ1) is 16.4. The number of hydrogen-bond donors (Lipinski definition) is 3. The number of nitrogens with one attached hydrogen (secondary N) is 2. The highest BCUT2D eigenvalue weighted by Crippen LogP contribution is 2.28.